The van der Waals surface area contributed by atoms with E-state index < -0.39 is 0 Å². The summed E-state index contributed by atoms with van der Waals surface area (Å²) in [6.45, 7) is 4.68. The highest BCUT2D eigenvalue weighted by Crippen LogP contribution is 2.16. The molecule has 88 valence electrons. The highest BCUT2D eigenvalue weighted by Gasteiger charge is 2.15. The van der Waals surface area contributed by atoms with Crippen LogP contribution in [0.4, 0.5) is 0 Å². The van der Waals surface area contributed by atoms with Gasteiger partial charge < -0.3 is 10.6 Å². The highest BCUT2D eigenvalue weighted by molar-refractivity contribution is 7.99. The lowest BCUT2D eigenvalue weighted by atomic mass is 10.1. The van der Waals surface area contributed by atoms with Crippen molar-refractivity contribution in [3.63, 3.8) is 0 Å². The fraction of sp³-hybridized carbons (Fsp3) is 0.909. The molecule has 1 heterocycles. The van der Waals surface area contributed by atoms with E-state index in [0.717, 1.165) is 19.3 Å². The maximum absolute atomic E-state index is 11.6. The summed E-state index contributed by atoms with van der Waals surface area (Å²) < 4.78 is 0. The largest absolute Gasteiger partial charge is 0.352 e. The summed E-state index contributed by atoms with van der Waals surface area (Å²) in [5.74, 6) is 2.51. The normalized spacial score (nSPS) is 19.9. The van der Waals surface area contributed by atoms with Crippen LogP contribution in [-0.4, -0.2) is 36.0 Å². The third kappa shape index (κ3) is 5.42. The molecule has 0 radical (unpaired) electrons. The lowest BCUT2D eigenvalue weighted by molar-refractivity contribution is -0.121. The third-order valence-electron chi connectivity index (χ3n) is 2.81. The third-order valence-corrected chi connectivity index (χ3v) is 3.86. The van der Waals surface area contributed by atoms with Crippen molar-refractivity contribution in [3.05, 3.63) is 0 Å². The van der Waals surface area contributed by atoms with E-state index in [1.807, 2.05) is 11.8 Å². The van der Waals surface area contributed by atoms with E-state index in [4.69, 9.17) is 0 Å². The van der Waals surface area contributed by atoms with Gasteiger partial charge in [0.2, 0.25) is 5.91 Å². The summed E-state index contributed by atoms with van der Waals surface area (Å²) in [5, 5.41) is 6.29. The van der Waals surface area contributed by atoms with Crippen molar-refractivity contribution in [2.24, 2.45) is 0 Å². The Morgan fingerprint density at radius 3 is 2.73 bits per heavy atom. The Balaban J connectivity index is 2.11. The molecule has 3 nitrogen and oxygen atoms in total. The Kier molecular flexibility index (Phi) is 6.10. The Bertz CT molecular complexity index is 193. The molecule has 0 aliphatic carbocycles. The standard InChI is InChI=1S/C11H22N2OS/c1-3-9(2)12-8-11(14)13-10-4-6-15-7-5-10/h9-10,12H,3-8H2,1-2H3,(H,13,14). The molecule has 1 amide bonds. The Morgan fingerprint density at radius 2 is 2.13 bits per heavy atom. The van der Waals surface area contributed by atoms with Crippen LogP contribution >= 0.6 is 11.8 Å². The van der Waals surface area contributed by atoms with Crippen molar-refractivity contribution in [3.8, 4) is 0 Å². The summed E-state index contributed by atoms with van der Waals surface area (Å²) in [6, 6.07) is 0.843. The van der Waals surface area contributed by atoms with Gasteiger partial charge in [-0.2, -0.15) is 11.8 Å². The lowest BCUT2D eigenvalue weighted by Gasteiger charge is -2.23. The van der Waals surface area contributed by atoms with E-state index in [-0.39, 0.29) is 5.91 Å². The zero-order valence-corrected chi connectivity index (χ0v) is 10.5. The maximum Gasteiger partial charge on any atom is 0.234 e. The number of carbonyl (C=O) groups excluding carboxylic acids is 1. The van der Waals surface area contributed by atoms with Crippen LogP contribution in [0.1, 0.15) is 33.1 Å². The average molecular weight is 230 g/mol. The van der Waals surface area contributed by atoms with E-state index in [0.29, 0.717) is 18.6 Å². The Hall–Kier alpha value is -0.220. The Labute approximate surface area is 96.8 Å². The molecule has 1 saturated heterocycles. The van der Waals surface area contributed by atoms with Crippen molar-refractivity contribution in [1.82, 2.24) is 10.6 Å². The van der Waals surface area contributed by atoms with E-state index >= 15 is 0 Å². The van der Waals surface area contributed by atoms with Crippen molar-refractivity contribution < 1.29 is 4.79 Å². The van der Waals surface area contributed by atoms with Crippen LogP contribution in [0.25, 0.3) is 0 Å². The second-order valence-corrected chi connectivity index (χ2v) is 5.37. The molecule has 0 saturated carbocycles. The first kappa shape index (κ1) is 12.8. The molecule has 2 N–H and O–H groups in total. The molecule has 0 bridgehead atoms. The average Bonchev–Trinajstić information content (AvgIpc) is 2.27. The first-order chi connectivity index (χ1) is 7.22. The van der Waals surface area contributed by atoms with Crippen LogP contribution in [0.15, 0.2) is 0 Å². The molecule has 1 unspecified atom stereocenters. The van der Waals surface area contributed by atoms with E-state index in [1.54, 1.807) is 0 Å². The molecule has 1 atom stereocenters. The lowest BCUT2D eigenvalue weighted by Crippen LogP contribution is -2.43. The molecule has 0 aromatic rings. The van der Waals surface area contributed by atoms with Gasteiger partial charge in [0, 0.05) is 12.1 Å². The summed E-state index contributed by atoms with van der Waals surface area (Å²) in [4.78, 5) is 11.6. The van der Waals surface area contributed by atoms with Crippen molar-refractivity contribution >= 4 is 17.7 Å². The van der Waals surface area contributed by atoms with Crippen LogP contribution in [0.2, 0.25) is 0 Å². The van der Waals surface area contributed by atoms with Crippen molar-refractivity contribution in [1.29, 1.82) is 0 Å². The fourth-order valence-electron chi connectivity index (χ4n) is 1.53. The minimum Gasteiger partial charge on any atom is -0.352 e. The predicted octanol–water partition coefficient (Wildman–Crippen LogP) is 1.39. The molecule has 1 aliphatic rings. The molecule has 1 rings (SSSR count). The predicted molar refractivity (Wildman–Crippen MR) is 66.2 cm³/mol. The quantitative estimate of drug-likeness (QED) is 0.750. The highest BCUT2D eigenvalue weighted by atomic mass is 32.2. The molecule has 0 aromatic heterocycles. The summed E-state index contributed by atoms with van der Waals surface area (Å²) in [5.41, 5.74) is 0. The molecule has 0 spiro atoms. The van der Waals surface area contributed by atoms with Gasteiger partial charge in [-0.15, -0.1) is 0 Å². The molecule has 0 aromatic carbocycles. The SMILES string of the molecule is CCC(C)NCC(=O)NC1CCSCC1. The zero-order chi connectivity index (χ0) is 11.1. The topological polar surface area (TPSA) is 41.1 Å². The van der Waals surface area contributed by atoms with Gasteiger partial charge in [0.25, 0.3) is 0 Å². The van der Waals surface area contributed by atoms with E-state index in [9.17, 15) is 4.79 Å². The molecule has 15 heavy (non-hydrogen) atoms. The summed E-state index contributed by atoms with van der Waals surface area (Å²) in [7, 11) is 0. The summed E-state index contributed by atoms with van der Waals surface area (Å²) >= 11 is 1.98. The van der Waals surface area contributed by atoms with Gasteiger partial charge in [-0.05, 0) is 37.7 Å². The van der Waals surface area contributed by atoms with Gasteiger partial charge in [0.1, 0.15) is 0 Å². The minimum atomic E-state index is 0.146. The van der Waals surface area contributed by atoms with E-state index in [2.05, 4.69) is 24.5 Å². The van der Waals surface area contributed by atoms with Gasteiger partial charge in [-0.3, -0.25) is 4.79 Å². The molecule has 1 fully saturated rings. The fourth-order valence-corrected chi connectivity index (χ4v) is 2.64. The molecule has 1 aliphatic heterocycles. The number of nitrogens with one attached hydrogen (secondary N) is 2. The maximum atomic E-state index is 11.6. The van der Waals surface area contributed by atoms with Crippen LogP contribution in [0.3, 0.4) is 0 Å². The van der Waals surface area contributed by atoms with E-state index in [1.165, 1.54) is 11.5 Å². The molecular weight excluding hydrogens is 208 g/mol. The van der Waals surface area contributed by atoms with Crippen molar-refractivity contribution in [2.45, 2.75) is 45.2 Å². The van der Waals surface area contributed by atoms with Gasteiger partial charge in [0.15, 0.2) is 0 Å². The number of carbonyl (C=O) groups is 1. The van der Waals surface area contributed by atoms with Gasteiger partial charge in [0.05, 0.1) is 6.54 Å². The van der Waals surface area contributed by atoms with Crippen LogP contribution in [-0.2, 0) is 4.79 Å². The van der Waals surface area contributed by atoms with Crippen LogP contribution < -0.4 is 10.6 Å². The zero-order valence-electron chi connectivity index (χ0n) is 9.71. The number of amides is 1. The Morgan fingerprint density at radius 1 is 1.47 bits per heavy atom. The smallest absolute Gasteiger partial charge is 0.234 e. The van der Waals surface area contributed by atoms with Gasteiger partial charge in [-0.1, -0.05) is 6.92 Å². The second-order valence-electron chi connectivity index (χ2n) is 4.14. The molecular formula is C11H22N2OS. The van der Waals surface area contributed by atoms with Crippen molar-refractivity contribution in [2.75, 3.05) is 18.1 Å². The van der Waals surface area contributed by atoms with Crippen LogP contribution in [0.5, 0.6) is 0 Å². The van der Waals surface area contributed by atoms with Crippen LogP contribution in [0, 0.1) is 0 Å². The van der Waals surface area contributed by atoms with Gasteiger partial charge in [-0.25, -0.2) is 0 Å². The first-order valence-corrected chi connectivity index (χ1v) is 6.98. The number of rotatable bonds is 5. The number of hydrogen-bond donors (Lipinski definition) is 2. The number of thioether (sulfide) groups is 1. The second kappa shape index (κ2) is 7.12. The monoisotopic (exact) mass is 230 g/mol. The minimum absolute atomic E-state index is 0.146. The first-order valence-electron chi connectivity index (χ1n) is 5.83. The summed E-state index contributed by atoms with van der Waals surface area (Å²) in [6.07, 6.45) is 3.31. The molecule has 4 heteroatoms. The number of hydrogen-bond acceptors (Lipinski definition) is 3. The van der Waals surface area contributed by atoms with Gasteiger partial charge >= 0.3 is 0 Å².